The van der Waals surface area contributed by atoms with Crippen LogP contribution in [-0.4, -0.2) is 6.61 Å². The maximum atomic E-state index is 5.57. The molecule has 0 aliphatic carbocycles. The van der Waals surface area contributed by atoms with Gasteiger partial charge in [0.1, 0.15) is 5.75 Å². The number of hydrogen-bond acceptors (Lipinski definition) is 2. The molecule has 2 aromatic carbocycles. The Balaban J connectivity index is 1.85. The molecule has 110 valence electrons. The Labute approximate surface area is 134 Å². The van der Waals surface area contributed by atoms with Crippen molar-refractivity contribution in [2.45, 2.75) is 33.2 Å². The summed E-state index contributed by atoms with van der Waals surface area (Å²) in [7, 11) is 0. The first kappa shape index (κ1) is 14.5. The van der Waals surface area contributed by atoms with Crippen molar-refractivity contribution in [3.05, 3.63) is 57.1 Å². The van der Waals surface area contributed by atoms with E-state index in [1.54, 1.807) is 0 Å². The molecule has 0 radical (unpaired) electrons. The van der Waals surface area contributed by atoms with Crippen molar-refractivity contribution in [2.75, 3.05) is 11.9 Å². The molecule has 0 saturated heterocycles. The summed E-state index contributed by atoms with van der Waals surface area (Å²) in [6, 6.07) is 11.1. The van der Waals surface area contributed by atoms with Crippen LogP contribution in [0.5, 0.6) is 5.75 Å². The largest absolute Gasteiger partial charge is 0.493 e. The predicted molar refractivity (Wildman–Crippen MR) is 91.3 cm³/mol. The normalized spacial score (nSPS) is 14.5. The van der Waals surface area contributed by atoms with Crippen LogP contribution < -0.4 is 10.1 Å². The van der Waals surface area contributed by atoms with Crippen molar-refractivity contribution in [1.29, 1.82) is 0 Å². The molecule has 0 aromatic heterocycles. The zero-order valence-corrected chi connectivity index (χ0v) is 14.3. The minimum Gasteiger partial charge on any atom is -0.493 e. The van der Waals surface area contributed by atoms with E-state index in [2.05, 4.69) is 72.3 Å². The van der Waals surface area contributed by atoms with Crippen LogP contribution in [0, 0.1) is 13.8 Å². The molecule has 0 fully saturated rings. The van der Waals surface area contributed by atoms with Gasteiger partial charge in [0.2, 0.25) is 0 Å². The van der Waals surface area contributed by atoms with Gasteiger partial charge in [0.05, 0.1) is 12.3 Å². The highest BCUT2D eigenvalue weighted by Crippen LogP contribution is 2.33. The number of aryl methyl sites for hydroxylation is 2. The second kappa shape index (κ2) is 5.72. The third-order valence-electron chi connectivity index (χ3n) is 4.01. The predicted octanol–water partition coefficient (Wildman–Crippen LogP) is 5.17. The molecule has 0 amide bonds. The molecule has 21 heavy (non-hydrogen) atoms. The second-order valence-corrected chi connectivity index (χ2v) is 6.62. The fourth-order valence-electron chi connectivity index (χ4n) is 2.87. The van der Waals surface area contributed by atoms with Crippen LogP contribution in [-0.2, 0) is 6.42 Å². The molecule has 0 bridgehead atoms. The van der Waals surface area contributed by atoms with Gasteiger partial charge in [-0.25, -0.2) is 0 Å². The minimum atomic E-state index is 0.258. The summed E-state index contributed by atoms with van der Waals surface area (Å²) in [5.74, 6) is 1.04. The van der Waals surface area contributed by atoms with Crippen molar-refractivity contribution in [3.8, 4) is 5.75 Å². The molecule has 1 N–H and O–H groups in total. The van der Waals surface area contributed by atoms with Crippen LogP contribution in [0.4, 0.5) is 5.69 Å². The number of rotatable bonds is 3. The lowest BCUT2D eigenvalue weighted by Crippen LogP contribution is -2.08. The molecule has 2 aromatic rings. The number of ether oxygens (including phenoxy) is 1. The zero-order valence-electron chi connectivity index (χ0n) is 12.7. The molecule has 1 aliphatic heterocycles. The van der Waals surface area contributed by atoms with E-state index in [4.69, 9.17) is 4.74 Å². The Morgan fingerprint density at radius 1 is 1.19 bits per heavy atom. The first-order valence-corrected chi connectivity index (χ1v) is 8.13. The van der Waals surface area contributed by atoms with Crippen LogP contribution in [0.1, 0.15) is 35.2 Å². The van der Waals surface area contributed by atoms with Crippen LogP contribution in [0.2, 0.25) is 0 Å². The van der Waals surface area contributed by atoms with Gasteiger partial charge in [0, 0.05) is 16.9 Å². The van der Waals surface area contributed by atoms with E-state index in [0.717, 1.165) is 23.2 Å². The Hall–Kier alpha value is -1.48. The van der Waals surface area contributed by atoms with E-state index in [1.165, 1.54) is 27.9 Å². The van der Waals surface area contributed by atoms with E-state index in [-0.39, 0.29) is 6.04 Å². The third kappa shape index (κ3) is 2.93. The van der Waals surface area contributed by atoms with Crippen molar-refractivity contribution in [2.24, 2.45) is 0 Å². The van der Waals surface area contributed by atoms with Crippen LogP contribution >= 0.6 is 15.9 Å². The molecule has 3 rings (SSSR count). The molecule has 0 saturated carbocycles. The summed E-state index contributed by atoms with van der Waals surface area (Å²) in [6.45, 7) is 7.27. The molecule has 3 heteroatoms. The third-order valence-corrected chi connectivity index (χ3v) is 4.63. The van der Waals surface area contributed by atoms with Crippen LogP contribution in [0.15, 0.2) is 34.8 Å². The molecule has 2 nitrogen and oxygen atoms in total. The van der Waals surface area contributed by atoms with Crippen molar-refractivity contribution in [1.82, 2.24) is 0 Å². The van der Waals surface area contributed by atoms with E-state index < -0.39 is 0 Å². The maximum absolute atomic E-state index is 5.57. The lowest BCUT2D eigenvalue weighted by Gasteiger charge is -2.20. The lowest BCUT2D eigenvalue weighted by molar-refractivity contribution is 0.357. The first-order chi connectivity index (χ1) is 10.0. The van der Waals surface area contributed by atoms with Crippen molar-refractivity contribution in [3.63, 3.8) is 0 Å². The smallest absolute Gasteiger partial charge is 0.122 e. The molecule has 1 atom stereocenters. The van der Waals surface area contributed by atoms with Crippen molar-refractivity contribution >= 4 is 21.6 Å². The lowest BCUT2D eigenvalue weighted by atomic mass is 10.0. The summed E-state index contributed by atoms with van der Waals surface area (Å²) in [6.07, 6.45) is 1.02. The molecule has 1 heterocycles. The van der Waals surface area contributed by atoms with Gasteiger partial charge in [-0.05, 0) is 77.2 Å². The molecular weight excluding hydrogens is 326 g/mol. The van der Waals surface area contributed by atoms with E-state index in [0.29, 0.717) is 0 Å². The average Bonchev–Trinajstić information content (AvgIpc) is 2.89. The topological polar surface area (TPSA) is 21.3 Å². The van der Waals surface area contributed by atoms with E-state index >= 15 is 0 Å². The number of hydrogen-bond donors (Lipinski definition) is 1. The van der Waals surface area contributed by atoms with Crippen LogP contribution in [0.3, 0.4) is 0 Å². The maximum Gasteiger partial charge on any atom is 0.122 e. The second-order valence-electron chi connectivity index (χ2n) is 5.77. The SMILES string of the molecule is Cc1cc(C)c(NC(C)c2ccc3c(c2)CCO3)c(Br)c1. The van der Waals surface area contributed by atoms with Gasteiger partial charge < -0.3 is 10.1 Å². The molecule has 0 spiro atoms. The number of benzene rings is 2. The van der Waals surface area contributed by atoms with E-state index in [1.807, 2.05) is 0 Å². The van der Waals surface area contributed by atoms with Gasteiger partial charge in [-0.3, -0.25) is 0 Å². The number of nitrogens with one attached hydrogen (secondary N) is 1. The zero-order chi connectivity index (χ0) is 15.0. The highest BCUT2D eigenvalue weighted by Gasteiger charge is 2.15. The Morgan fingerprint density at radius 3 is 2.76 bits per heavy atom. The average molecular weight is 346 g/mol. The van der Waals surface area contributed by atoms with Gasteiger partial charge in [0.15, 0.2) is 0 Å². The molecule has 1 unspecified atom stereocenters. The number of halogens is 1. The van der Waals surface area contributed by atoms with Gasteiger partial charge in [-0.1, -0.05) is 12.1 Å². The minimum absolute atomic E-state index is 0.258. The van der Waals surface area contributed by atoms with Gasteiger partial charge in [0.25, 0.3) is 0 Å². The molecular formula is C18H20BrNO. The molecule has 1 aliphatic rings. The highest BCUT2D eigenvalue weighted by molar-refractivity contribution is 9.10. The summed E-state index contributed by atoms with van der Waals surface area (Å²) in [4.78, 5) is 0. The van der Waals surface area contributed by atoms with Gasteiger partial charge in [-0.2, -0.15) is 0 Å². The fourth-order valence-corrected chi connectivity index (χ4v) is 3.66. The summed E-state index contributed by atoms with van der Waals surface area (Å²) in [5.41, 5.74) is 6.32. The monoisotopic (exact) mass is 345 g/mol. The Bertz CT molecular complexity index is 658. The number of fused-ring (bicyclic) bond motifs is 1. The summed E-state index contributed by atoms with van der Waals surface area (Å²) < 4.78 is 6.70. The highest BCUT2D eigenvalue weighted by atomic mass is 79.9. The van der Waals surface area contributed by atoms with E-state index in [9.17, 15) is 0 Å². The fraction of sp³-hybridized carbons (Fsp3) is 0.333. The van der Waals surface area contributed by atoms with Gasteiger partial charge >= 0.3 is 0 Å². The standard InChI is InChI=1S/C18H20BrNO/c1-11-8-12(2)18(16(19)9-11)20-13(3)14-4-5-17-15(10-14)6-7-21-17/h4-5,8-10,13,20H,6-7H2,1-3H3. The Kier molecular flexibility index (Phi) is 3.94. The number of anilines is 1. The summed E-state index contributed by atoms with van der Waals surface area (Å²) in [5, 5.41) is 3.63. The Morgan fingerprint density at radius 2 is 2.00 bits per heavy atom. The van der Waals surface area contributed by atoms with Crippen molar-refractivity contribution < 1.29 is 4.74 Å². The quantitative estimate of drug-likeness (QED) is 0.827. The van der Waals surface area contributed by atoms with Crippen LogP contribution in [0.25, 0.3) is 0 Å². The first-order valence-electron chi connectivity index (χ1n) is 7.33. The summed E-state index contributed by atoms with van der Waals surface area (Å²) >= 11 is 3.67. The van der Waals surface area contributed by atoms with Gasteiger partial charge in [-0.15, -0.1) is 0 Å².